The lowest BCUT2D eigenvalue weighted by Crippen LogP contribution is -2.42. The Balaban J connectivity index is 1.38. The van der Waals surface area contributed by atoms with Gasteiger partial charge in [-0.2, -0.15) is 4.98 Å². The van der Waals surface area contributed by atoms with Crippen LogP contribution in [-0.2, 0) is 20.9 Å². The molecule has 0 bridgehead atoms. The number of anilines is 1. The first-order valence-corrected chi connectivity index (χ1v) is 8.79. The Kier molecular flexibility index (Phi) is 5.10. The third-order valence-electron chi connectivity index (χ3n) is 4.25. The van der Waals surface area contributed by atoms with E-state index < -0.39 is 5.97 Å². The number of carbonyl (C=O) groups is 2. The van der Waals surface area contributed by atoms with Gasteiger partial charge in [-0.3, -0.25) is 14.5 Å². The Labute approximate surface area is 165 Å². The summed E-state index contributed by atoms with van der Waals surface area (Å²) in [6.45, 7) is -0.566. The number of nitrogens with zero attached hydrogens (tertiary/aromatic N) is 3. The van der Waals surface area contributed by atoms with E-state index in [-0.39, 0.29) is 31.6 Å². The lowest BCUT2D eigenvalue weighted by Gasteiger charge is -2.28. The second-order valence-corrected chi connectivity index (χ2v) is 6.14. The Morgan fingerprint density at radius 1 is 1.21 bits per heavy atom. The van der Waals surface area contributed by atoms with Gasteiger partial charge in [-0.1, -0.05) is 29.4 Å². The van der Waals surface area contributed by atoms with Gasteiger partial charge in [0, 0.05) is 5.56 Å². The molecule has 0 aliphatic carbocycles. The molecule has 9 nitrogen and oxygen atoms in total. The number of hydrogen-bond donors (Lipinski definition) is 0. The molecule has 9 heteroatoms. The van der Waals surface area contributed by atoms with Crippen molar-refractivity contribution in [3.8, 4) is 22.9 Å². The summed E-state index contributed by atoms with van der Waals surface area (Å²) in [4.78, 5) is 29.9. The lowest BCUT2D eigenvalue weighted by atomic mass is 10.2. The molecule has 0 saturated heterocycles. The first-order chi connectivity index (χ1) is 14.1. The van der Waals surface area contributed by atoms with Crippen molar-refractivity contribution in [1.29, 1.82) is 0 Å². The number of para-hydroxylation sites is 2. The van der Waals surface area contributed by atoms with Crippen LogP contribution in [-0.4, -0.2) is 42.3 Å². The zero-order chi connectivity index (χ0) is 20.2. The molecular weight excluding hydrogens is 378 g/mol. The quantitative estimate of drug-likeness (QED) is 0.585. The van der Waals surface area contributed by atoms with Gasteiger partial charge in [0.25, 0.3) is 11.8 Å². The molecule has 1 aliphatic heterocycles. The lowest BCUT2D eigenvalue weighted by molar-refractivity contribution is -0.145. The molecule has 0 atom stereocenters. The zero-order valence-electron chi connectivity index (χ0n) is 15.5. The van der Waals surface area contributed by atoms with Crippen LogP contribution in [0.5, 0.6) is 11.5 Å². The van der Waals surface area contributed by atoms with Gasteiger partial charge >= 0.3 is 5.97 Å². The molecule has 0 fully saturated rings. The van der Waals surface area contributed by atoms with Gasteiger partial charge in [0.05, 0.1) is 12.8 Å². The largest absolute Gasteiger partial charge is 0.497 e. The van der Waals surface area contributed by atoms with Gasteiger partial charge in [0.15, 0.2) is 13.2 Å². The fourth-order valence-corrected chi connectivity index (χ4v) is 2.84. The fraction of sp³-hybridized carbons (Fsp3) is 0.200. The van der Waals surface area contributed by atoms with E-state index in [0.29, 0.717) is 28.6 Å². The van der Waals surface area contributed by atoms with E-state index in [1.165, 1.54) is 4.90 Å². The number of rotatable bonds is 6. The molecule has 2 aromatic carbocycles. The summed E-state index contributed by atoms with van der Waals surface area (Å²) in [5.41, 5.74) is 1.24. The fourth-order valence-electron chi connectivity index (χ4n) is 2.84. The Bertz CT molecular complexity index is 1050. The molecule has 0 N–H and O–H groups in total. The molecule has 0 unspecified atom stereocenters. The first kappa shape index (κ1) is 18.5. The monoisotopic (exact) mass is 395 g/mol. The minimum absolute atomic E-state index is 0.127. The van der Waals surface area contributed by atoms with Crippen molar-refractivity contribution >= 4 is 17.6 Å². The molecule has 0 saturated carbocycles. The molecule has 3 aromatic rings. The third kappa shape index (κ3) is 4.03. The molecule has 1 aromatic heterocycles. The van der Waals surface area contributed by atoms with Gasteiger partial charge in [0.2, 0.25) is 5.82 Å². The number of fused-ring (bicyclic) bond motifs is 1. The smallest absolute Gasteiger partial charge is 0.326 e. The van der Waals surface area contributed by atoms with Crippen molar-refractivity contribution in [2.45, 2.75) is 6.61 Å². The highest BCUT2D eigenvalue weighted by atomic mass is 16.6. The molecular formula is C20H17N3O6. The second-order valence-electron chi connectivity index (χ2n) is 6.14. The summed E-state index contributed by atoms with van der Waals surface area (Å²) in [5, 5.41) is 3.88. The molecule has 148 valence electrons. The van der Waals surface area contributed by atoms with Gasteiger partial charge in [0.1, 0.15) is 18.0 Å². The van der Waals surface area contributed by atoms with Crippen LogP contribution in [0.1, 0.15) is 5.89 Å². The summed E-state index contributed by atoms with van der Waals surface area (Å²) < 4.78 is 20.8. The number of amides is 1. The molecule has 0 spiro atoms. The summed E-state index contributed by atoms with van der Waals surface area (Å²) in [6.07, 6.45) is 0. The average Bonchev–Trinajstić information content (AvgIpc) is 3.23. The van der Waals surface area contributed by atoms with Crippen molar-refractivity contribution in [3.63, 3.8) is 0 Å². The number of carbonyl (C=O) groups excluding carboxylic acids is 2. The Hall–Kier alpha value is -3.88. The highest BCUT2D eigenvalue weighted by Gasteiger charge is 2.27. The number of aromatic nitrogens is 2. The number of esters is 1. The van der Waals surface area contributed by atoms with E-state index >= 15 is 0 Å². The predicted octanol–water partition coefficient (Wildman–Crippen LogP) is 2.21. The van der Waals surface area contributed by atoms with Crippen molar-refractivity contribution < 1.29 is 28.3 Å². The van der Waals surface area contributed by atoms with Crippen LogP contribution in [0.25, 0.3) is 11.4 Å². The van der Waals surface area contributed by atoms with E-state index in [9.17, 15) is 9.59 Å². The molecule has 0 radical (unpaired) electrons. The van der Waals surface area contributed by atoms with E-state index in [1.54, 1.807) is 49.6 Å². The summed E-state index contributed by atoms with van der Waals surface area (Å²) in [7, 11) is 1.57. The van der Waals surface area contributed by atoms with E-state index in [2.05, 4.69) is 10.1 Å². The van der Waals surface area contributed by atoms with Crippen molar-refractivity contribution in [3.05, 3.63) is 54.4 Å². The summed E-state index contributed by atoms with van der Waals surface area (Å²) >= 11 is 0. The number of benzene rings is 2. The Morgan fingerprint density at radius 2 is 2.07 bits per heavy atom. The van der Waals surface area contributed by atoms with Crippen molar-refractivity contribution in [2.24, 2.45) is 0 Å². The highest BCUT2D eigenvalue weighted by molar-refractivity contribution is 6.01. The molecule has 1 amide bonds. The van der Waals surface area contributed by atoms with Crippen LogP contribution >= 0.6 is 0 Å². The molecule has 29 heavy (non-hydrogen) atoms. The van der Waals surface area contributed by atoms with Gasteiger partial charge in [-0.15, -0.1) is 0 Å². The molecule has 1 aliphatic rings. The third-order valence-corrected chi connectivity index (χ3v) is 4.25. The SMILES string of the molecule is COc1cccc(-c2noc(COC(=O)CN3C(=O)COc4ccccc43)n2)c1. The normalized spacial score (nSPS) is 12.9. The second kappa shape index (κ2) is 8.01. The van der Waals surface area contributed by atoms with Crippen molar-refractivity contribution in [2.75, 3.05) is 25.2 Å². The van der Waals surface area contributed by atoms with Crippen LogP contribution < -0.4 is 14.4 Å². The van der Waals surface area contributed by atoms with Crippen LogP contribution in [0, 0.1) is 0 Å². The molecule has 2 heterocycles. The van der Waals surface area contributed by atoms with Gasteiger partial charge < -0.3 is 18.7 Å². The number of hydrogen-bond acceptors (Lipinski definition) is 8. The van der Waals surface area contributed by atoms with Crippen molar-refractivity contribution in [1.82, 2.24) is 10.1 Å². The topological polar surface area (TPSA) is 104 Å². The van der Waals surface area contributed by atoms with Gasteiger partial charge in [-0.25, -0.2) is 0 Å². The zero-order valence-corrected chi connectivity index (χ0v) is 15.5. The minimum atomic E-state index is -0.601. The first-order valence-electron chi connectivity index (χ1n) is 8.79. The highest BCUT2D eigenvalue weighted by Crippen LogP contribution is 2.31. The van der Waals surface area contributed by atoms with Crippen LogP contribution in [0.15, 0.2) is 53.1 Å². The van der Waals surface area contributed by atoms with Crippen LogP contribution in [0.2, 0.25) is 0 Å². The molecule has 4 rings (SSSR count). The Morgan fingerprint density at radius 3 is 2.93 bits per heavy atom. The predicted molar refractivity (Wildman–Crippen MR) is 100 cm³/mol. The van der Waals surface area contributed by atoms with E-state index in [0.717, 1.165) is 0 Å². The number of methoxy groups -OCH3 is 1. The number of ether oxygens (including phenoxy) is 3. The van der Waals surface area contributed by atoms with Crippen LogP contribution in [0.4, 0.5) is 5.69 Å². The van der Waals surface area contributed by atoms with Crippen LogP contribution in [0.3, 0.4) is 0 Å². The maximum Gasteiger partial charge on any atom is 0.326 e. The minimum Gasteiger partial charge on any atom is -0.497 e. The summed E-state index contributed by atoms with van der Waals surface area (Å²) in [6, 6.07) is 14.2. The van der Waals surface area contributed by atoms with E-state index in [4.69, 9.17) is 18.7 Å². The van der Waals surface area contributed by atoms with Gasteiger partial charge in [-0.05, 0) is 24.3 Å². The average molecular weight is 395 g/mol. The maximum atomic E-state index is 12.2. The van der Waals surface area contributed by atoms with E-state index in [1.807, 2.05) is 6.07 Å². The standard InChI is InChI=1S/C20H17N3O6/c1-26-14-6-4-5-13(9-14)20-21-17(29-22-20)11-28-19(25)10-23-15-7-2-3-8-16(15)27-12-18(23)24/h2-9H,10-12H2,1H3. The maximum absolute atomic E-state index is 12.2. The summed E-state index contributed by atoms with van der Waals surface area (Å²) in [5.74, 6) is 0.780.